The molecule has 1 aliphatic carbocycles. The van der Waals surface area contributed by atoms with Crippen LogP contribution in [0.1, 0.15) is 42.5 Å². The number of benzene rings is 2. The molecule has 4 aromatic rings. The average Bonchev–Trinajstić information content (AvgIpc) is 3.58. The van der Waals surface area contributed by atoms with Crippen molar-refractivity contribution in [1.29, 1.82) is 0 Å². The van der Waals surface area contributed by atoms with Gasteiger partial charge in [0.1, 0.15) is 18.3 Å². The predicted octanol–water partition coefficient (Wildman–Crippen LogP) is 3.74. The highest BCUT2D eigenvalue weighted by atomic mass is 16.5. The van der Waals surface area contributed by atoms with Crippen LogP contribution < -0.4 is 10.1 Å². The Balaban J connectivity index is 1.48. The Morgan fingerprint density at radius 1 is 1.10 bits per heavy atom. The van der Waals surface area contributed by atoms with Crippen LogP contribution in [0.25, 0.3) is 21.8 Å². The molecule has 11 heteroatoms. The third-order valence-electron chi connectivity index (χ3n) is 7.30. The van der Waals surface area contributed by atoms with Crippen LogP contribution in [-0.2, 0) is 14.4 Å². The monoisotopic (exact) mass is 531 g/mol. The van der Waals surface area contributed by atoms with E-state index in [9.17, 15) is 24.3 Å². The molecule has 39 heavy (non-hydrogen) atoms. The van der Waals surface area contributed by atoms with E-state index in [2.05, 4.69) is 20.5 Å². The maximum atomic E-state index is 13.8. The van der Waals surface area contributed by atoms with Gasteiger partial charge >= 0.3 is 5.97 Å². The summed E-state index contributed by atoms with van der Waals surface area (Å²) in [6, 6.07) is 9.10. The zero-order valence-electron chi connectivity index (χ0n) is 21.4. The Morgan fingerprint density at radius 2 is 1.90 bits per heavy atom. The molecule has 2 heterocycles. The molecule has 1 fully saturated rings. The molecule has 0 saturated heterocycles. The first-order valence-electron chi connectivity index (χ1n) is 12.8. The number of carboxylic acids is 1. The number of H-pyrrole nitrogens is 2. The van der Waals surface area contributed by atoms with Gasteiger partial charge in [-0.1, -0.05) is 19.3 Å². The summed E-state index contributed by atoms with van der Waals surface area (Å²) in [5.74, 6) is -3.49. The number of anilines is 1. The molecule has 5 rings (SSSR count). The Bertz CT molecular complexity index is 1550. The van der Waals surface area contributed by atoms with Crippen LogP contribution in [0.5, 0.6) is 5.75 Å². The van der Waals surface area contributed by atoms with Gasteiger partial charge < -0.3 is 25.0 Å². The van der Waals surface area contributed by atoms with Gasteiger partial charge in [0.25, 0.3) is 11.7 Å². The molecular weight excluding hydrogens is 502 g/mol. The fraction of sp³-hybridized carbons (Fsp3) is 0.321. The summed E-state index contributed by atoms with van der Waals surface area (Å²) < 4.78 is 5.22. The molecule has 4 N–H and O–H groups in total. The van der Waals surface area contributed by atoms with Crippen molar-refractivity contribution in [3.8, 4) is 5.75 Å². The standard InChI is InChI=1S/C28H29N5O6/c1-39-19-9-10-20-21(14-29-23(20)12-19)26(36)28(38)33(15-24(34)35)25(16-5-3-2-4-6-16)27(37)31-18-8-7-17-13-30-32-22(17)11-18/h7-14,16,25,29H,2-6,15H2,1H3,(H,30,32)(H,31,37)(H,34,35). The van der Waals surface area contributed by atoms with E-state index in [0.29, 0.717) is 40.7 Å². The smallest absolute Gasteiger partial charge is 0.323 e. The molecule has 1 unspecified atom stereocenters. The lowest BCUT2D eigenvalue weighted by Gasteiger charge is -2.36. The summed E-state index contributed by atoms with van der Waals surface area (Å²) in [6.45, 7) is -0.783. The van der Waals surface area contributed by atoms with Crippen LogP contribution in [0.3, 0.4) is 0 Å². The van der Waals surface area contributed by atoms with E-state index < -0.39 is 36.2 Å². The fourth-order valence-electron chi connectivity index (χ4n) is 5.40. The zero-order valence-corrected chi connectivity index (χ0v) is 21.4. The third kappa shape index (κ3) is 5.33. The largest absolute Gasteiger partial charge is 0.497 e. The Hall–Kier alpha value is -4.67. The molecule has 2 aromatic carbocycles. The second-order valence-electron chi connectivity index (χ2n) is 9.77. The Morgan fingerprint density at radius 3 is 2.64 bits per heavy atom. The third-order valence-corrected chi connectivity index (χ3v) is 7.30. The van der Waals surface area contributed by atoms with Crippen molar-refractivity contribution in [1.82, 2.24) is 20.1 Å². The number of carbonyl (C=O) groups is 4. The van der Waals surface area contributed by atoms with Crippen molar-refractivity contribution < 1.29 is 29.0 Å². The van der Waals surface area contributed by atoms with Gasteiger partial charge in [0.15, 0.2) is 0 Å². The SMILES string of the molecule is COc1ccc2c(C(=O)C(=O)N(CC(=O)O)C(C(=O)Nc3ccc4cn[nH]c4c3)C3CCCCC3)c[nH]c2c1. The van der Waals surface area contributed by atoms with E-state index in [1.165, 1.54) is 13.3 Å². The molecule has 1 aliphatic rings. The lowest BCUT2D eigenvalue weighted by Crippen LogP contribution is -2.55. The van der Waals surface area contributed by atoms with Gasteiger partial charge in [0.05, 0.1) is 24.4 Å². The van der Waals surface area contributed by atoms with Gasteiger partial charge in [-0.05, 0) is 49.1 Å². The quantitative estimate of drug-likeness (QED) is 0.189. The molecule has 1 saturated carbocycles. The highest BCUT2D eigenvalue weighted by Crippen LogP contribution is 2.31. The maximum absolute atomic E-state index is 13.8. The van der Waals surface area contributed by atoms with Crippen molar-refractivity contribution in [2.24, 2.45) is 5.92 Å². The van der Waals surface area contributed by atoms with Crippen molar-refractivity contribution in [3.05, 3.63) is 54.4 Å². The van der Waals surface area contributed by atoms with Crippen LogP contribution in [0.2, 0.25) is 0 Å². The van der Waals surface area contributed by atoms with Crippen LogP contribution in [-0.4, -0.2) is 68.5 Å². The minimum absolute atomic E-state index is 0.0977. The number of nitrogens with zero attached hydrogens (tertiary/aromatic N) is 2. The molecule has 2 aromatic heterocycles. The number of Topliss-reactive ketones (excluding diaryl/α,β-unsaturated/α-hetero) is 1. The number of methoxy groups -OCH3 is 1. The number of ether oxygens (including phenoxy) is 1. The van der Waals surface area contributed by atoms with Gasteiger partial charge in [-0.2, -0.15) is 5.10 Å². The molecule has 2 amide bonds. The summed E-state index contributed by atoms with van der Waals surface area (Å²) in [5.41, 5.74) is 1.87. The van der Waals surface area contributed by atoms with E-state index in [1.807, 2.05) is 0 Å². The van der Waals surface area contributed by atoms with Gasteiger partial charge in [-0.15, -0.1) is 0 Å². The van der Waals surface area contributed by atoms with Gasteiger partial charge in [0.2, 0.25) is 5.91 Å². The summed E-state index contributed by atoms with van der Waals surface area (Å²) in [7, 11) is 1.52. The predicted molar refractivity (Wildman–Crippen MR) is 144 cm³/mol. The summed E-state index contributed by atoms with van der Waals surface area (Å²) >= 11 is 0. The van der Waals surface area contributed by atoms with Gasteiger partial charge in [-0.25, -0.2) is 0 Å². The topological polar surface area (TPSA) is 157 Å². The number of hydrogen-bond acceptors (Lipinski definition) is 6. The molecule has 0 aliphatic heterocycles. The number of rotatable bonds is 9. The first kappa shape index (κ1) is 26.0. The van der Waals surface area contributed by atoms with Crippen LogP contribution in [0, 0.1) is 5.92 Å². The number of nitrogens with one attached hydrogen (secondary N) is 3. The number of amides is 2. The normalized spacial score (nSPS) is 14.7. The minimum atomic E-state index is -1.31. The van der Waals surface area contributed by atoms with Gasteiger partial charge in [0, 0.05) is 34.2 Å². The van der Waals surface area contributed by atoms with Crippen LogP contribution in [0.15, 0.2) is 48.8 Å². The number of fused-ring (bicyclic) bond motifs is 2. The minimum Gasteiger partial charge on any atom is -0.497 e. The number of aromatic nitrogens is 3. The second-order valence-corrected chi connectivity index (χ2v) is 9.77. The number of aliphatic carboxylic acids is 1. The highest BCUT2D eigenvalue weighted by molar-refractivity contribution is 6.45. The lowest BCUT2D eigenvalue weighted by atomic mass is 9.82. The number of carboxylic acid groups (broad SMARTS) is 1. The highest BCUT2D eigenvalue weighted by Gasteiger charge is 2.40. The summed E-state index contributed by atoms with van der Waals surface area (Å²) in [6.07, 6.45) is 7.05. The van der Waals surface area contributed by atoms with Crippen molar-refractivity contribution >= 4 is 51.1 Å². The van der Waals surface area contributed by atoms with Crippen molar-refractivity contribution in [2.45, 2.75) is 38.1 Å². The zero-order chi connectivity index (χ0) is 27.5. The second kappa shape index (κ2) is 11.0. The molecule has 0 radical (unpaired) electrons. The van der Waals surface area contributed by atoms with Crippen LogP contribution in [0.4, 0.5) is 5.69 Å². The lowest BCUT2D eigenvalue weighted by molar-refractivity contribution is -0.147. The molecule has 1 atom stereocenters. The fourth-order valence-corrected chi connectivity index (χ4v) is 5.40. The maximum Gasteiger partial charge on any atom is 0.323 e. The summed E-state index contributed by atoms with van der Waals surface area (Å²) in [4.78, 5) is 56.8. The van der Waals surface area contributed by atoms with E-state index in [0.717, 1.165) is 29.5 Å². The molecule has 0 bridgehead atoms. The van der Waals surface area contributed by atoms with E-state index in [-0.39, 0.29) is 11.5 Å². The Labute approximate surface area is 223 Å². The van der Waals surface area contributed by atoms with E-state index in [4.69, 9.17) is 4.74 Å². The number of carbonyl (C=O) groups excluding carboxylic acids is 3. The first-order chi connectivity index (χ1) is 18.9. The van der Waals surface area contributed by atoms with E-state index >= 15 is 0 Å². The Kier molecular flexibility index (Phi) is 7.31. The van der Waals surface area contributed by atoms with Crippen molar-refractivity contribution in [3.63, 3.8) is 0 Å². The summed E-state index contributed by atoms with van der Waals surface area (Å²) in [5, 5.41) is 20.8. The molecule has 202 valence electrons. The van der Waals surface area contributed by atoms with Gasteiger partial charge in [-0.3, -0.25) is 24.3 Å². The molecule has 11 nitrogen and oxygen atoms in total. The molecule has 0 spiro atoms. The van der Waals surface area contributed by atoms with Crippen molar-refractivity contribution in [2.75, 3.05) is 19.0 Å². The first-order valence-corrected chi connectivity index (χ1v) is 12.8. The average molecular weight is 532 g/mol. The van der Waals surface area contributed by atoms with E-state index in [1.54, 1.807) is 42.6 Å². The van der Waals surface area contributed by atoms with Crippen LogP contribution >= 0.6 is 0 Å². The molecular formula is C28H29N5O6. The number of hydrogen-bond donors (Lipinski definition) is 4. The number of ketones is 1. The number of aromatic amines is 2.